The molecule has 2 amide bonds. The van der Waals surface area contributed by atoms with Crippen LogP contribution in [0.1, 0.15) is 76.7 Å². The molecule has 2 bridgehead atoms. The number of aliphatic hydroxyl groups excluding tert-OH is 3. The average Bonchev–Trinajstić information content (AvgIpc) is 3.46. The van der Waals surface area contributed by atoms with E-state index >= 15 is 0 Å². The van der Waals surface area contributed by atoms with E-state index in [2.05, 4.69) is 45.3 Å². The van der Waals surface area contributed by atoms with Crippen molar-refractivity contribution in [3.8, 4) is 16.9 Å². The minimum atomic E-state index is -0.906. The van der Waals surface area contributed by atoms with Gasteiger partial charge in [-0.15, -0.1) is 0 Å². The third kappa shape index (κ3) is 7.93. The number of carbonyl (C=O) groups is 2. The third-order valence-electron chi connectivity index (χ3n) is 12.0. The average molecular weight is 709 g/mol. The third-order valence-corrected chi connectivity index (χ3v) is 12.0. The van der Waals surface area contributed by atoms with E-state index < -0.39 is 24.2 Å². The Morgan fingerprint density at radius 1 is 1.12 bits per heavy atom. The largest absolute Gasteiger partial charge is 0.496 e. The molecule has 0 radical (unpaired) electrons. The number of benzene rings is 2. The Morgan fingerprint density at radius 3 is 2.41 bits per heavy atom. The number of aliphatic hydroxyl groups is 3. The molecular weight excluding hydrogens is 648 g/mol. The molecule has 3 aliphatic carbocycles. The van der Waals surface area contributed by atoms with E-state index in [1.165, 1.54) is 6.42 Å². The van der Waals surface area contributed by atoms with E-state index in [0.717, 1.165) is 28.8 Å². The number of rotatable bonds is 14. The van der Waals surface area contributed by atoms with E-state index in [9.17, 15) is 24.9 Å². The molecule has 1 saturated heterocycles. The summed E-state index contributed by atoms with van der Waals surface area (Å²) in [6, 6.07) is 10.2. The van der Waals surface area contributed by atoms with E-state index in [1.54, 1.807) is 19.1 Å². The number of hydroxylamine groups is 2. The van der Waals surface area contributed by atoms with Crippen molar-refractivity contribution in [3.63, 3.8) is 0 Å². The predicted molar refractivity (Wildman–Crippen MR) is 198 cm³/mol. The minimum Gasteiger partial charge on any atom is -0.496 e. The van der Waals surface area contributed by atoms with Crippen molar-refractivity contribution in [1.82, 2.24) is 15.7 Å². The zero-order valence-corrected chi connectivity index (χ0v) is 31.8. The molecule has 0 unspecified atom stereocenters. The van der Waals surface area contributed by atoms with Crippen molar-refractivity contribution < 1.29 is 34.5 Å². The molecule has 0 aromatic heterocycles. The first-order valence-electron chi connectivity index (χ1n) is 18.5. The van der Waals surface area contributed by atoms with E-state index in [4.69, 9.17) is 9.57 Å². The topological polar surface area (TPSA) is 144 Å². The number of ether oxygens (including phenoxy) is 1. The lowest BCUT2D eigenvalue weighted by molar-refractivity contribution is -0.183. The lowest BCUT2D eigenvalue weighted by Crippen LogP contribution is -2.62. The highest BCUT2D eigenvalue weighted by molar-refractivity contribution is 5.97. The summed E-state index contributed by atoms with van der Waals surface area (Å²) in [6.45, 7) is 12.3. The second-order valence-electron chi connectivity index (χ2n) is 16.4. The standard InChI is InChI=1S/C40H60N4O7/c1-22(2)13-29(20-45)41-38(48)27-14-26(15-30(16-27)43(7)8)31-12-10-11-25(37(31)50-9)19-44-36(35(24(4)47)34(21-46)51-44)39(49)42-33-18-28-17-32(23(33)3)40(28,5)6/h10-12,14-16,22-24,28-29,32-36,45-47H,13,17-21H2,1-9H3,(H,41,48)(H,42,49)/t23-,24-,28+,29+,32-,33-,34-,35+,36-/m0/s1. The van der Waals surface area contributed by atoms with Crippen LogP contribution >= 0.6 is 0 Å². The number of nitrogens with zero attached hydrogens (tertiary/aromatic N) is 2. The van der Waals surface area contributed by atoms with Gasteiger partial charge in [0.05, 0.1) is 39.0 Å². The van der Waals surface area contributed by atoms with Gasteiger partial charge in [0.1, 0.15) is 17.9 Å². The summed E-state index contributed by atoms with van der Waals surface area (Å²) >= 11 is 0. The molecule has 51 heavy (non-hydrogen) atoms. The molecule has 4 fully saturated rings. The Bertz CT molecular complexity index is 1540. The van der Waals surface area contributed by atoms with Gasteiger partial charge in [-0.2, -0.15) is 5.06 Å². The van der Waals surface area contributed by atoms with Crippen LogP contribution in [0, 0.1) is 35.0 Å². The van der Waals surface area contributed by atoms with Crippen LogP contribution in [-0.2, 0) is 16.2 Å². The fraction of sp³-hybridized carbons (Fsp3) is 0.650. The minimum absolute atomic E-state index is 0.0326. The second-order valence-corrected chi connectivity index (χ2v) is 16.4. The Labute approximate surface area is 303 Å². The Hall–Kier alpha value is -3.22. The molecule has 1 aliphatic heterocycles. The molecule has 282 valence electrons. The number of hydrogen-bond donors (Lipinski definition) is 5. The molecule has 9 atom stereocenters. The summed E-state index contributed by atoms with van der Waals surface area (Å²) < 4.78 is 6.03. The maximum Gasteiger partial charge on any atom is 0.251 e. The first kappa shape index (κ1) is 39.0. The smallest absolute Gasteiger partial charge is 0.251 e. The molecule has 0 spiro atoms. The zero-order chi connectivity index (χ0) is 37.4. The van der Waals surface area contributed by atoms with Gasteiger partial charge in [-0.25, -0.2) is 0 Å². The highest BCUT2D eigenvalue weighted by atomic mass is 16.7. The predicted octanol–water partition coefficient (Wildman–Crippen LogP) is 4.23. The molecule has 3 saturated carbocycles. The van der Waals surface area contributed by atoms with E-state index in [1.807, 2.05) is 55.4 Å². The Balaban J connectivity index is 1.45. The molecule has 11 nitrogen and oxygen atoms in total. The summed E-state index contributed by atoms with van der Waals surface area (Å²) in [6.07, 6.45) is 1.11. The van der Waals surface area contributed by atoms with Gasteiger partial charge < -0.3 is 35.6 Å². The molecule has 6 rings (SSSR count). The van der Waals surface area contributed by atoms with Crippen LogP contribution in [0.25, 0.3) is 11.1 Å². The summed E-state index contributed by atoms with van der Waals surface area (Å²) in [7, 11) is 5.41. The summed E-state index contributed by atoms with van der Waals surface area (Å²) in [4.78, 5) is 35.9. The van der Waals surface area contributed by atoms with Gasteiger partial charge in [0, 0.05) is 48.4 Å². The molecule has 11 heteroatoms. The van der Waals surface area contributed by atoms with Crippen LogP contribution in [0.15, 0.2) is 36.4 Å². The first-order valence-corrected chi connectivity index (χ1v) is 18.5. The number of para-hydroxylation sites is 1. The van der Waals surface area contributed by atoms with Crippen molar-refractivity contribution >= 4 is 17.5 Å². The summed E-state index contributed by atoms with van der Waals surface area (Å²) in [5.74, 6) is 1.17. The van der Waals surface area contributed by atoms with Gasteiger partial charge in [0.25, 0.3) is 5.91 Å². The normalized spacial score (nSPS) is 28.1. The van der Waals surface area contributed by atoms with Gasteiger partial charge >= 0.3 is 0 Å². The van der Waals surface area contributed by atoms with Gasteiger partial charge in [-0.05, 0) is 79.0 Å². The van der Waals surface area contributed by atoms with Gasteiger partial charge in [-0.1, -0.05) is 52.8 Å². The highest BCUT2D eigenvalue weighted by Crippen LogP contribution is 2.61. The SMILES string of the molecule is COc1c(CN2O[C@@H](CO)[C@@H]([C@H](C)O)[C@H]2C(=O)N[C@H]2C[C@H]3C[C@@H]([C@@H]2C)C3(C)C)cccc1-c1cc(C(=O)N[C@@H](CO)CC(C)C)cc(N(C)C)c1. The van der Waals surface area contributed by atoms with Crippen molar-refractivity contribution in [2.45, 2.75) is 97.7 Å². The van der Waals surface area contributed by atoms with Crippen LogP contribution in [0.3, 0.4) is 0 Å². The first-order chi connectivity index (χ1) is 24.1. The van der Waals surface area contributed by atoms with Crippen LogP contribution in [0.5, 0.6) is 5.75 Å². The lowest BCUT2D eigenvalue weighted by Gasteiger charge is -2.62. The van der Waals surface area contributed by atoms with Crippen molar-refractivity contribution in [1.29, 1.82) is 0 Å². The molecule has 4 aliphatic rings. The van der Waals surface area contributed by atoms with Crippen LogP contribution in [-0.4, -0.2) is 96.9 Å². The van der Waals surface area contributed by atoms with Gasteiger partial charge in [0.15, 0.2) is 0 Å². The molecule has 2 aromatic carbocycles. The van der Waals surface area contributed by atoms with Crippen molar-refractivity contribution in [2.24, 2.45) is 35.0 Å². The monoisotopic (exact) mass is 708 g/mol. The highest BCUT2D eigenvalue weighted by Gasteiger charge is 2.57. The fourth-order valence-corrected chi connectivity index (χ4v) is 9.00. The van der Waals surface area contributed by atoms with Gasteiger partial charge in [-0.3, -0.25) is 14.4 Å². The number of fused-ring (bicyclic) bond motifs is 2. The molecule has 2 aromatic rings. The molecule has 5 N–H and O–H groups in total. The molecule has 1 heterocycles. The summed E-state index contributed by atoms with van der Waals surface area (Å²) in [5, 5.41) is 39.0. The fourth-order valence-electron chi connectivity index (χ4n) is 9.00. The number of methoxy groups -OCH3 is 1. The van der Waals surface area contributed by atoms with Crippen LogP contribution in [0.2, 0.25) is 0 Å². The number of hydrogen-bond acceptors (Lipinski definition) is 9. The number of anilines is 1. The second kappa shape index (κ2) is 15.8. The number of nitrogens with one attached hydrogen (secondary N) is 2. The van der Waals surface area contributed by atoms with E-state index in [0.29, 0.717) is 41.4 Å². The maximum absolute atomic E-state index is 14.2. The van der Waals surface area contributed by atoms with Crippen LogP contribution < -0.4 is 20.3 Å². The summed E-state index contributed by atoms with van der Waals surface area (Å²) in [5.41, 5.74) is 3.79. The lowest BCUT2D eigenvalue weighted by atomic mass is 9.45. The maximum atomic E-state index is 14.2. The number of carbonyl (C=O) groups excluding carboxylic acids is 2. The zero-order valence-electron chi connectivity index (χ0n) is 31.8. The molecular formula is C40H60N4O7. The van der Waals surface area contributed by atoms with E-state index in [-0.39, 0.29) is 49.1 Å². The Kier molecular flexibility index (Phi) is 12.1. The van der Waals surface area contributed by atoms with Gasteiger partial charge in [0.2, 0.25) is 5.91 Å². The van der Waals surface area contributed by atoms with Crippen molar-refractivity contribution in [3.05, 3.63) is 47.5 Å². The quantitative estimate of drug-likeness (QED) is 0.195. The van der Waals surface area contributed by atoms with Crippen molar-refractivity contribution in [2.75, 3.05) is 39.3 Å². The van der Waals surface area contributed by atoms with Crippen LogP contribution in [0.4, 0.5) is 5.69 Å². The number of amides is 2. The Morgan fingerprint density at radius 2 is 1.84 bits per heavy atom.